The summed E-state index contributed by atoms with van der Waals surface area (Å²) in [6.45, 7) is 3.05. The van der Waals surface area contributed by atoms with Crippen molar-refractivity contribution >= 4 is 45.6 Å². The first kappa shape index (κ1) is 14.3. The Balaban J connectivity index is 1.81. The van der Waals surface area contributed by atoms with E-state index in [4.69, 9.17) is 11.6 Å². The molecule has 0 aromatic carbocycles. The maximum Gasteiger partial charge on any atom is 0.0931 e. The van der Waals surface area contributed by atoms with Gasteiger partial charge >= 0.3 is 0 Å². The van der Waals surface area contributed by atoms with Crippen LogP contribution < -0.4 is 5.32 Å². The van der Waals surface area contributed by atoms with Crippen molar-refractivity contribution in [2.45, 2.75) is 19.5 Å². The molecule has 0 saturated heterocycles. The second kappa shape index (κ2) is 6.41. The second-order valence-electron chi connectivity index (χ2n) is 4.50. The number of hydrogen-bond donors (Lipinski definition) is 1. The molecule has 1 unspecified atom stereocenters. The Hall–Kier alpha value is -0.650. The number of rotatable bonds is 5. The molecule has 104 valence electrons. The average molecular weight is 340 g/mol. The van der Waals surface area contributed by atoms with Gasteiger partial charge in [0.2, 0.25) is 0 Å². The van der Waals surface area contributed by atoms with E-state index in [2.05, 4.69) is 47.3 Å². The number of halogens is 1. The Bertz CT molecular complexity index is 669. The molecule has 0 spiro atoms. The van der Waals surface area contributed by atoms with Crippen LogP contribution in [0, 0.1) is 6.92 Å². The van der Waals surface area contributed by atoms with Gasteiger partial charge < -0.3 is 0 Å². The Morgan fingerprint density at radius 1 is 1.10 bits per heavy atom. The topological polar surface area (TPSA) is 12.0 Å². The predicted octanol–water partition coefficient (Wildman–Crippen LogP) is 5.71. The quantitative estimate of drug-likeness (QED) is 0.627. The van der Waals surface area contributed by atoms with Crippen LogP contribution in [0.4, 0.5) is 0 Å². The van der Waals surface area contributed by atoms with Crippen molar-refractivity contribution in [1.29, 1.82) is 0 Å². The molecular formula is C15H14ClNS3. The van der Waals surface area contributed by atoms with E-state index < -0.39 is 0 Å². The molecule has 3 heterocycles. The van der Waals surface area contributed by atoms with E-state index in [0.29, 0.717) is 0 Å². The Morgan fingerprint density at radius 3 is 2.60 bits per heavy atom. The standard InChI is InChI=1S/C15H14ClNS3/c1-10-6-8-19-13(10)9-17-15(11-3-2-7-18-11)12-4-5-14(16)20-12/h2-8,15,17H,9H2,1H3. The SMILES string of the molecule is Cc1ccsc1CNC(c1cccs1)c1ccc(Cl)s1. The summed E-state index contributed by atoms with van der Waals surface area (Å²) in [5.41, 5.74) is 1.36. The molecule has 1 atom stereocenters. The maximum atomic E-state index is 6.09. The van der Waals surface area contributed by atoms with Gasteiger partial charge in [-0.05, 0) is 47.5 Å². The van der Waals surface area contributed by atoms with Crippen LogP contribution in [0.2, 0.25) is 4.34 Å². The highest BCUT2D eigenvalue weighted by atomic mass is 35.5. The van der Waals surface area contributed by atoms with Gasteiger partial charge in [-0.15, -0.1) is 34.0 Å². The molecule has 0 aliphatic heterocycles. The number of aryl methyl sites for hydroxylation is 1. The highest BCUT2D eigenvalue weighted by Crippen LogP contribution is 2.33. The fourth-order valence-corrected chi connectivity index (χ4v) is 4.97. The summed E-state index contributed by atoms with van der Waals surface area (Å²) >= 11 is 11.3. The summed E-state index contributed by atoms with van der Waals surface area (Å²) in [5.74, 6) is 0. The predicted molar refractivity (Wildman–Crippen MR) is 91.4 cm³/mol. The molecule has 0 amide bonds. The molecule has 0 saturated carbocycles. The Morgan fingerprint density at radius 2 is 2.00 bits per heavy atom. The molecule has 1 nitrogen and oxygen atoms in total. The van der Waals surface area contributed by atoms with Gasteiger partial charge in [-0.3, -0.25) is 5.32 Å². The lowest BCUT2D eigenvalue weighted by atomic mass is 10.2. The smallest absolute Gasteiger partial charge is 0.0931 e. The van der Waals surface area contributed by atoms with Gasteiger partial charge in [0.05, 0.1) is 10.4 Å². The summed E-state index contributed by atoms with van der Waals surface area (Å²) in [6.07, 6.45) is 0. The van der Waals surface area contributed by atoms with E-state index in [1.807, 2.05) is 17.4 Å². The van der Waals surface area contributed by atoms with Gasteiger partial charge in [0, 0.05) is 21.2 Å². The van der Waals surface area contributed by atoms with E-state index in [9.17, 15) is 0 Å². The molecule has 5 heteroatoms. The molecule has 0 aliphatic rings. The van der Waals surface area contributed by atoms with Crippen LogP contribution in [0.5, 0.6) is 0 Å². The summed E-state index contributed by atoms with van der Waals surface area (Å²) in [7, 11) is 0. The van der Waals surface area contributed by atoms with Gasteiger partial charge in [0.25, 0.3) is 0 Å². The molecule has 3 rings (SSSR count). The van der Waals surface area contributed by atoms with E-state index >= 15 is 0 Å². The lowest BCUT2D eigenvalue weighted by Gasteiger charge is -2.16. The first-order chi connectivity index (χ1) is 9.74. The van der Waals surface area contributed by atoms with Gasteiger partial charge in [-0.2, -0.15) is 0 Å². The van der Waals surface area contributed by atoms with E-state index in [1.165, 1.54) is 20.2 Å². The molecule has 3 aromatic rings. The molecule has 0 fully saturated rings. The van der Waals surface area contributed by atoms with Crippen LogP contribution in [0.15, 0.2) is 41.1 Å². The largest absolute Gasteiger partial charge is 0.300 e. The van der Waals surface area contributed by atoms with Crippen molar-refractivity contribution in [2.24, 2.45) is 0 Å². The van der Waals surface area contributed by atoms with Crippen LogP contribution >= 0.6 is 45.6 Å². The van der Waals surface area contributed by atoms with Gasteiger partial charge in [0.1, 0.15) is 0 Å². The molecule has 1 N–H and O–H groups in total. The van der Waals surface area contributed by atoms with Crippen molar-refractivity contribution in [1.82, 2.24) is 5.32 Å². The molecule has 0 bridgehead atoms. The summed E-state index contributed by atoms with van der Waals surface area (Å²) in [6, 6.07) is 10.8. The van der Waals surface area contributed by atoms with Crippen LogP contribution in [0.1, 0.15) is 26.2 Å². The zero-order valence-electron chi connectivity index (χ0n) is 10.9. The summed E-state index contributed by atoms with van der Waals surface area (Å²) < 4.78 is 0.843. The number of thiophene rings is 3. The minimum absolute atomic E-state index is 0.231. The Kier molecular flexibility index (Phi) is 4.58. The van der Waals surface area contributed by atoms with Crippen molar-refractivity contribution in [3.8, 4) is 0 Å². The van der Waals surface area contributed by atoms with Crippen LogP contribution in [-0.2, 0) is 6.54 Å². The third-order valence-corrected chi connectivity index (χ3v) is 6.40. The third kappa shape index (κ3) is 3.15. The fourth-order valence-electron chi connectivity index (χ4n) is 2.06. The molecular weight excluding hydrogens is 326 g/mol. The molecule has 0 radical (unpaired) electrons. The van der Waals surface area contributed by atoms with Gasteiger partial charge in [0.15, 0.2) is 0 Å². The van der Waals surface area contributed by atoms with Crippen molar-refractivity contribution in [3.63, 3.8) is 0 Å². The average Bonchev–Trinajstić information content (AvgIpc) is 3.14. The van der Waals surface area contributed by atoms with Crippen LogP contribution in [-0.4, -0.2) is 0 Å². The minimum atomic E-state index is 0.231. The zero-order valence-corrected chi connectivity index (χ0v) is 14.1. The molecule has 3 aromatic heterocycles. The van der Waals surface area contributed by atoms with Crippen LogP contribution in [0.3, 0.4) is 0 Å². The lowest BCUT2D eigenvalue weighted by Crippen LogP contribution is -2.20. The highest BCUT2D eigenvalue weighted by Gasteiger charge is 2.17. The van der Waals surface area contributed by atoms with Crippen molar-refractivity contribution in [3.05, 3.63) is 65.6 Å². The number of nitrogens with one attached hydrogen (secondary N) is 1. The maximum absolute atomic E-state index is 6.09. The minimum Gasteiger partial charge on any atom is -0.300 e. The molecule has 0 aliphatic carbocycles. The van der Waals surface area contributed by atoms with Crippen LogP contribution in [0.25, 0.3) is 0 Å². The van der Waals surface area contributed by atoms with Crippen molar-refractivity contribution < 1.29 is 0 Å². The fraction of sp³-hybridized carbons (Fsp3) is 0.200. The molecule has 20 heavy (non-hydrogen) atoms. The monoisotopic (exact) mass is 339 g/mol. The van der Waals surface area contributed by atoms with Gasteiger partial charge in [-0.25, -0.2) is 0 Å². The summed E-state index contributed by atoms with van der Waals surface area (Å²) in [4.78, 5) is 4.00. The van der Waals surface area contributed by atoms with E-state index in [0.717, 1.165) is 10.9 Å². The lowest BCUT2D eigenvalue weighted by molar-refractivity contribution is 0.625. The normalized spacial score (nSPS) is 12.7. The highest BCUT2D eigenvalue weighted by molar-refractivity contribution is 7.16. The second-order valence-corrected chi connectivity index (χ2v) is 8.22. The zero-order chi connectivity index (χ0) is 13.9. The Labute approximate surface area is 135 Å². The van der Waals surface area contributed by atoms with E-state index in [1.54, 1.807) is 22.7 Å². The first-order valence-corrected chi connectivity index (χ1v) is 9.24. The number of hydrogen-bond acceptors (Lipinski definition) is 4. The van der Waals surface area contributed by atoms with Crippen molar-refractivity contribution in [2.75, 3.05) is 0 Å². The first-order valence-electron chi connectivity index (χ1n) is 6.29. The van der Waals surface area contributed by atoms with Gasteiger partial charge in [-0.1, -0.05) is 17.7 Å². The third-order valence-electron chi connectivity index (χ3n) is 3.14. The van der Waals surface area contributed by atoms with E-state index in [-0.39, 0.29) is 6.04 Å². The summed E-state index contributed by atoms with van der Waals surface area (Å²) in [5, 5.41) is 7.94.